The summed E-state index contributed by atoms with van der Waals surface area (Å²) >= 11 is 0. The molecule has 2 aromatic carbocycles. The molecule has 0 radical (unpaired) electrons. The number of phenolic OH excluding ortho intramolecular Hbond substituents is 1. The largest absolute Gasteiger partial charge is 0.508 e. The van der Waals surface area contributed by atoms with Crippen LogP contribution in [0.5, 0.6) is 5.75 Å². The molecule has 0 saturated heterocycles. The fourth-order valence-corrected chi connectivity index (χ4v) is 4.45. The molecule has 0 aliphatic carbocycles. The number of nitrogens with two attached hydrogens (primary N) is 2. The number of benzene rings is 2. The minimum atomic E-state index is -1.66. The zero-order valence-electron chi connectivity index (χ0n) is 27.3. The van der Waals surface area contributed by atoms with Crippen LogP contribution in [0.3, 0.4) is 0 Å². The van der Waals surface area contributed by atoms with E-state index in [1.54, 1.807) is 30.3 Å². The monoisotopic (exact) mass is 699 g/mol. The summed E-state index contributed by atoms with van der Waals surface area (Å²) in [4.78, 5) is 98.8. The third kappa shape index (κ3) is 13.6. The van der Waals surface area contributed by atoms with Gasteiger partial charge in [-0.3, -0.25) is 33.6 Å². The number of amides is 6. The molecule has 12 N–H and O–H groups in total. The third-order valence-corrected chi connectivity index (χ3v) is 7.18. The number of primary amides is 1. The molecule has 0 aromatic heterocycles. The van der Waals surface area contributed by atoms with E-state index in [0.717, 1.165) is 0 Å². The molecular weight excluding hydrogens is 658 g/mol. The zero-order chi connectivity index (χ0) is 37.5. The van der Waals surface area contributed by atoms with Crippen LogP contribution in [0.25, 0.3) is 0 Å². The molecular formula is C32H41N7O11. The average Bonchev–Trinajstić information content (AvgIpc) is 3.04. The quantitative estimate of drug-likeness (QED) is 0.0722. The van der Waals surface area contributed by atoms with Crippen molar-refractivity contribution < 1.29 is 53.7 Å². The van der Waals surface area contributed by atoms with Crippen LogP contribution >= 0.6 is 0 Å². The number of aromatic hydroxyl groups is 1. The van der Waals surface area contributed by atoms with Gasteiger partial charge in [0.15, 0.2) is 0 Å². The second kappa shape index (κ2) is 19.1. The first-order valence-electron chi connectivity index (χ1n) is 15.3. The van der Waals surface area contributed by atoms with Crippen LogP contribution in [0.15, 0.2) is 54.6 Å². The van der Waals surface area contributed by atoms with Crippen molar-refractivity contribution in [1.29, 1.82) is 0 Å². The summed E-state index contributed by atoms with van der Waals surface area (Å²) in [5, 5.41) is 39.8. The molecule has 0 spiro atoms. The zero-order valence-corrected chi connectivity index (χ0v) is 27.3. The lowest BCUT2D eigenvalue weighted by Crippen LogP contribution is -2.58. The predicted octanol–water partition coefficient (Wildman–Crippen LogP) is -2.60. The second-order valence-electron chi connectivity index (χ2n) is 11.4. The van der Waals surface area contributed by atoms with Gasteiger partial charge in [-0.15, -0.1) is 0 Å². The molecule has 270 valence electrons. The average molecular weight is 700 g/mol. The molecule has 0 aliphatic rings. The van der Waals surface area contributed by atoms with Gasteiger partial charge in [-0.2, -0.15) is 0 Å². The Balaban J connectivity index is 2.13. The molecule has 2 aromatic rings. The number of nitrogens with one attached hydrogen (secondary N) is 5. The Bertz CT molecular complexity index is 1550. The molecule has 0 saturated carbocycles. The maximum Gasteiger partial charge on any atom is 0.326 e. The highest BCUT2D eigenvalue weighted by molar-refractivity contribution is 5.97. The second-order valence-corrected chi connectivity index (χ2v) is 11.4. The summed E-state index contributed by atoms with van der Waals surface area (Å²) in [6.45, 7) is 2.59. The Morgan fingerprint density at radius 3 is 1.54 bits per heavy atom. The summed E-state index contributed by atoms with van der Waals surface area (Å²) in [5.74, 6) is -8.29. The number of carbonyl (C=O) groups is 8. The molecule has 0 heterocycles. The van der Waals surface area contributed by atoms with Crippen molar-refractivity contribution in [2.24, 2.45) is 11.5 Å². The van der Waals surface area contributed by atoms with E-state index >= 15 is 0 Å². The van der Waals surface area contributed by atoms with Crippen molar-refractivity contribution >= 4 is 47.4 Å². The Morgan fingerprint density at radius 2 is 1.04 bits per heavy atom. The summed E-state index contributed by atoms with van der Waals surface area (Å²) in [7, 11) is 0. The fourth-order valence-electron chi connectivity index (χ4n) is 4.45. The van der Waals surface area contributed by atoms with Gasteiger partial charge in [0, 0.05) is 12.8 Å². The van der Waals surface area contributed by atoms with Crippen LogP contribution in [0.4, 0.5) is 0 Å². The Kier molecular flexibility index (Phi) is 15.3. The molecule has 6 atom stereocenters. The maximum atomic E-state index is 13.2. The minimum Gasteiger partial charge on any atom is -0.508 e. The molecule has 0 aliphatic heterocycles. The van der Waals surface area contributed by atoms with Gasteiger partial charge in [-0.25, -0.2) is 4.79 Å². The van der Waals surface area contributed by atoms with Crippen molar-refractivity contribution in [3.05, 3.63) is 65.7 Å². The van der Waals surface area contributed by atoms with Crippen molar-refractivity contribution in [2.75, 3.05) is 0 Å². The van der Waals surface area contributed by atoms with Gasteiger partial charge >= 0.3 is 11.9 Å². The van der Waals surface area contributed by atoms with Gasteiger partial charge in [0.1, 0.15) is 36.0 Å². The highest BCUT2D eigenvalue weighted by Crippen LogP contribution is 2.12. The van der Waals surface area contributed by atoms with E-state index in [4.69, 9.17) is 16.6 Å². The SMILES string of the molecule is C[C@H](NC(=O)[C@H](C)NC(=O)[C@H](Cc1ccc(O)cc1)NC(=O)[C@@H](N)CC(=O)O)C(=O)N[C@@H](Cc1ccccc1)C(=O)N[C@@H](CC(N)=O)C(=O)O. The van der Waals surface area contributed by atoms with E-state index in [1.165, 1.54) is 38.1 Å². The number of carboxylic acid groups (broad SMARTS) is 2. The van der Waals surface area contributed by atoms with Crippen molar-refractivity contribution in [3.8, 4) is 5.75 Å². The van der Waals surface area contributed by atoms with Crippen molar-refractivity contribution in [2.45, 2.75) is 75.8 Å². The lowest BCUT2D eigenvalue weighted by Gasteiger charge is -2.25. The summed E-state index contributed by atoms with van der Waals surface area (Å²) < 4.78 is 0. The molecule has 18 heteroatoms. The molecule has 6 amide bonds. The number of carbonyl (C=O) groups excluding carboxylic acids is 6. The molecule has 18 nitrogen and oxygen atoms in total. The van der Waals surface area contributed by atoms with E-state index in [2.05, 4.69) is 26.6 Å². The predicted molar refractivity (Wildman–Crippen MR) is 175 cm³/mol. The van der Waals surface area contributed by atoms with Crippen molar-refractivity contribution in [3.63, 3.8) is 0 Å². The third-order valence-electron chi connectivity index (χ3n) is 7.18. The van der Waals surface area contributed by atoms with Gasteiger partial charge in [-0.05, 0) is 37.1 Å². The minimum absolute atomic E-state index is 0.0507. The van der Waals surface area contributed by atoms with Crippen LogP contribution in [-0.4, -0.2) is 99.0 Å². The topological polar surface area (TPSA) is 309 Å². The number of rotatable bonds is 19. The first-order valence-corrected chi connectivity index (χ1v) is 15.3. The number of carboxylic acids is 2. The normalized spacial score (nSPS) is 14.3. The number of hydrogen-bond donors (Lipinski definition) is 10. The Hall–Kier alpha value is -6.04. The molecule has 50 heavy (non-hydrogen) atoms. The number of hydrogen-bond acceptors (Lipinski definition) is 10. The fraction of sp³-hybridized carbons (Fsp3) is 0.375. The first kappa shape index (κ1) is 40.1. The van der Waals surface area contributed by atoms with E-state index in [-0.39, 0.29) is 18.6 Å². The Labute approximate surface area is 286 Å². The standard InChI is InChI=1S/C32H41N7O11/c1-16(36-30(47)22(13-19-8-10-20(40)11-9-19)38-29(46)21(33)14-26(42)43)27(44)35-17(2)28(45)37-23(12-18-6-4-3-5-7-18)31(48)39-24(32(49)50)15-25(34)41/h3-11,16-17,21-24,40H,12-15,33H2,1-2H3,(H2,34,41)(H,35,44)(H,36,47)(H,37,45)(H,38,46)(H,39,48)(H,42,43)(H,49,50)/t16-,17-,21-,22-,23-,24-/m0/s1. The maximum absolute atomic E-state index is 13.2. The van der Waals surface area contributed by atoms with Crippen LogP contribution in [-0.2, 0) is 51.2 Å². The van der Waals surface area contributed by atoms with Gasteiger partial charge < -0.3 is 53.4 Å². The molecule has 0 fully saturated rings. The number of phenols is 1. The van der Waals surface area contributed by atoms with E-state index in [0.29, 0.717) is 11.1 Å². The highest BCUT2D eigenvalue weighted by Gasteiger charge is 2.31. The van der Waals surface area contributed by atoms with Crippen molar-refractivity contribution in [1.82, 2.24) is 26.6 Å². The Morgan fingerprint density at radius 1 is 0.600 bits per heavy atom. The highest BCUT2D eigenvalue weighted by atomic mass is 16.4. The lowest BCUT2D eigenvalue weighted by atomic mass is 10.0. The van der Waals surface area contributed by atoms with Crippen LogP contribution < -0.4 is 38.1 Å². The lowest BCUT2D eigenvalue weighted by molar-refractivity contribution is -0.143. The van der Waals surface area contributed by atoms with Crippen LogP contribution in [0.2, 0.25) is 0 Å². The van der Waals surface area contributed by atoms with Crippen LogP contribution in [0.1, 0.15) is 37.8 Å². The summed E-state index contributed by atoms with van der Waals surface area (Å²) in [5.41, 5.74) is 11.8. The number of aliphatic carboxylic acids is 2. The van der Waals surface area contributed by atoms with E-state index in [1.807, 2.05) is 0 Å². The molecule has 0 unspecified atom stereocenters. The summed E-state index contributed by atoms with van der Waals surface area (Å²) in [6, 6.07) is 5.72. The van der Waals surface area contributed by atoms with Gasteiger partial charge in [0.25, 0.3) is 0 Å². The smallest absolute Gasteiger partial charge is 0.326 e. The van der Waals surface area contributed by atoms with E-state index < -0.39 is 96.5 Å². The molecule has 2 rings (SSSR count). The molecule has 0 bridgehead atoms. The van der Waals surface area contributed by atoms with E-state index in [9.17, 15) is 48.6 Å². The van der Waals surface area contributed by atoms with Crippen LogP contribution in [0, 0.1) is 0 Å². The van der Waals surface area contributed by atoms with Gasteiger partial charge in [0.2, 0.25) is 35.4 Å². The van der Waals surface area contributed by atoms with Gasteiger partial charge in [-0.1, -0.05) is 42.5 Å². The first-order chi connectivity index (χ1) is 23.5. The summed E-state index contributed by atoms with van der Waals surface area (Å²) in [6.07, 6.45) is -1.62. The van der Waals surface area contributed by atoms with Gasteiger partial charge in [0.05, 0.1) is 18.9 Å².